The Balaban J connectivity index is 1.75. The predicted octanol–water partition coefficient (Wildman–Crippen LogP) is 6.37. The Kier molecular flexibility index (Phi) is 5.34. The van der Waals surface area contributed by atoms with Gasteiger partial charge in [-0.25, -0.2) is 0 Å². The number of halogens is 1. The van der Waals surface area contributed by atoms with Crippen molar-refractivity contribution in [2.45, 2.75) is 39.8 Å². The highest BCUT2D eigenvalue weighted by molar-refractivity contribution is 6.31. The van der Waals surface area contributed by atoms with Crippen LogP contribution in [-0.2, 0) is 13.0 Å². The molecule has 166 valence electrons. The van der Waals surface area contributed by atoms with Gasteiger partial charge in [-0.15, -0.1) is 0 Å². The zero-order valence-electron chi connectivity index (χ0n) is 18.8. The summed E-state index contributed by atoms with van der Waals surface area (Å²) in [4.78, 5) is 29.1. The van der Waals surface area contributed by atoms with Gasteiger partial charge >= 0.3 is 0 Å². The molecule has 0 saturated carbocycles. The number of carbonyl (C=O) groups excluding carboxylic acids is 1. The normalized spacial score (nSPS) is 15.3. The maximum atomic E-state index is 13.8. The average Bonchev–Trinajstić information content (AvgIpc) is 3.07. The summed E-state index contributed by atoms with van der Waals surface area (Å²) < 4.78 is 6.13. The summed E-state index contributed by atoms with van der Waals surface area (Å²) in [7, 11) is 0. The molecule has 1 aliphatic heterocycles. The van der Waals surface area contributed by atoms with Crippen molar-refractivity contribution in [3.8, 4) is 0 Å². The molecule has 1 atom stereocenters. The summed E-state index contributed by atoms with van der Waals surface area (Å²) >= 11 is 6.43. The number of carbonyl (C=O) groups is 1. The molecule has 5 rings (SSSR count). The van der Waals surface area contributed by atoms with Gasteiger partial charge in [0.2, 0.25) is 5.76 Å². The van der Waals surface area contributed by atoms with Crippen LogP contribution in [0.15, 0.2) is 69.9 Å². The Hall–Kier alpha value is -3.37. The third kappa shape index (κ3) is 3.55. The van der Waals surface area contributed by atoms with E-state index in [1.165, 1.54) is 5.56 Å². The lowest BCUT2D eigenvalue weighted by atomic mass is 9.95. The van der Waals surface area contributed by atoms with Crippen molar-refractivity contribution < 1.29 is 9.21 Å². The van der Waals surface area contributed by atoms with Crippen LogP contribution >= 0.6 is 11.6 Å². The summed E-state index contributed by atoms with van der Waals surface area (Å²) in [6, 6.07) is 18.8. The molecule has 1 aromatic heterocycles. The first-order valence-electron chi connectivity index (χ1n) is 11.1. The van der Waals surface area contributed by atoms with Crippen LogP contribution in [0.1, 0.15) is 56.9 Å². The fourth-order valence-corrected chi connectivity index (χ4v) is 4.96. The van der Waals surface area contributed by atoms with Gasteiger partial charge < -0.3 is 9.32 Å². The van der Waals surface area contributed by atoms with Crippen LogP contribution in [0.5, 0.6) is 0 Å². The van der Waals surface area contributed by atoms with Crippen LogP contribution in [-0.4, -0.2) is 10.8 Å². The van der Waals surface area contributed by atoms with Crippen LogP contribution in [0.2, 0.25) is 5.02 Å². The number of aryl methyl sites for hydroxylation is 3. The van der Waals surface area contributed by atoms with Gasteiger partial charge in [-0.3, -0.25) is 9.59 Å². The van der Waals surface area contributed by atoms with Gasteiger partial charge in [-0.1, -0.05) is 67.1 Å². The molecule has 4 aromatic rings. The second-order valence-electron chi connectivity index (χ2n) is 8.65. The smallest absolute Gasteiger partial charge is 0.291 e. The van der Waals surface area contributed by atoms with E-state index in [1.54, 1.807) is 11.0 Å². The molecule has 0 N–H and O–H groups in total. The molecule has 1 aliphatic rings. The Bertz CT molecular complexity index is 1450. The van der Waals surface area contributed by atoms with E-state index in [9.17, 15) is 9.59 Å². The van der Waals surface area contributed by atoms with Crippen LogP contribution in [0.3, 0.4) is 0 Å². The minimum atomic E-state index is -0.545. The molecule has 0 radical (unpaired) electrons. The summed E-state index contributed by atoms with van der Waals surface area (Å²) in [6.07, 6.45) is 0.912. The second kappa shape index (κ2) is 8.20. The Morgan fingerprint density at radius 1 is 1.00 bits per heavy atom. The van der Waals surface area contributed by atoms with E-state index in [2.05, 4.69) is 6.92 Å². The van der Waals surface area contributed by atoms with Crippen LogP contribution < -0.4 is 5.43 Å². The Labute approximate surface area is 197 Å². The van der Waals surface area contributed by atoms with Gasteiger partial charge in [0.15, 0.2) is 5.43 Å². The third-order valence-corrected chi connectivity index (χ3v) is 6.78. The van der Waals surface area contributed by atoms with Crippen molar-refractivity contribution >= 4 is 28.5 Å². The largest absolute Gasteiger partial charge is 0.450 e. The minimum Gasteiger partial charge on any atom is -0.450 e. The van der Waals surface area contributed by atoms with Gasteiger partial charge in [-0.2, -0.15) is 0 Å². The summed E-state index contributed by atoms with van der Waals surface area (Å²) in [5.74, 6) is -0.179. The van der Waals surface area contributed by atoms with E-state index in [0.29, 0.717) is 21.6 Å². The SMILES string of the molecule is CCc1ccc(C2c3c(oc4cc(C)cc(C)c4c3=O)C(=O)N2Cc2ccccc2Cl)cc1. The molecular weight excluding hydrogens is 434 g/mol. The topological polar surface area (TPSA) is 50.5 Å². The van der Waals surface area contributed by atoms with Crippen molar-refractivity contribution in [1.82, 2.24) is 4.90 Å². The van der Waals surface area contributed by atoms with Crippen LogP contribution in [0.4, 0.5) is 0 Å². The lowest BCUT2D eigenvalue weighted by Gasteiger charge is -2.26. The minimum absolute atomic E-state index is 0.120. The number of amides is 1. The Morgan fingerprint density at radius 3 is 2.42 bits per heavy atom. The maximum Gasteiger partial charge on any atom is 0.291 e. The van der Waals surface area contributed by atoms with Crippen molar-refractivity contribution in [3.05, 3.63) is 115 Å². The molecule has 2 heterocycles. The third-order valence-electron chi connectivity index (χ3n) is 6.41. The molecule has 0 fully saturated rings. The molecule has 3 aromatic carbocycles. The van der Waals surface area contributed by atoms with E-state index in [-0.39, 0.29) is 23.6 Å². The molecule has 0 spiro atoms. The molecule has 1 amide bonds. The number of fused-ring (bicyclic) bond motifs is 2. The van der Waals surface area contributed by atoms with Crippen molar-refractivity contribution in [2.75, 3.05) is 0 Å². The van der Waals surface area contributed by atoms with Gasteiger partial charge in [0.25, 0.3) is 5.91 Å². The lowest BCUT2D eigenvalue weighted by Crippen LogP contribution is -2.29. The Morgan fingerprint density at radius 2 is 1.73 bits per heavy atom. The zero-order chi connectivity index (χ0) is 23.3. The van der Waals surface area contributed by atoms with E-state index >= 15 is 0 Å². The van der Waals surface area contributed by atoms with Crippen molar-refractivity contribution in [3.63, 3.8) is 0 Å². The number of nitrogens with zero attached hydrogens (tertiary/aromatic N) is 1. The van der Waals surface area contributed by atoms with Gasteiger partial charge in [0, 0.05) is 11.6 Å². The van der Waals surface area contributed by atoms with Gasteiger partial charge in [-0.05, 0) is 60.2 Å². The monoisotopic (exact) mass is 457 g/mol. The standard InChI is InChI=1S/C28H24ClNO3/c1-4-18-9-11-19(12-10-18)25-24-26(31)23-17(3)13-16(2)14-22(23)33-27(24)28(32)30(25)15-20-7-5-6-8-21(20)29/h5-14,25H,4,15H2,1-3H3. The van der Waals surface area contributed by atoms with Crippen molar-refractivity contribution in [2.24, 2.45) is 0 Å². The molecule has 0 bridgehead atoms. The second-order valence-corrected chi connectivity index (χ2v) is 9.06. The number of benzene rings is 3. The van der Waals surface area contributed by atoms with Crippen molar-refractivity contribution in [1.29, 1.82) is 0 Å². The molecule has 4 nitrogen and oxygen atoms in total. The first-order valence-corrected chi connectivity index (χ1v) is 11.5. The number of rotatable bonds is 4. The fourth-order valence-electron chi connectivity index (χ4n) is 4.77. The highest BCUT2D eigenvalue weighted by Crippen LogP contribution is 2.40. The van der Waals surface area contributed by atoms with E-state index < -0.39 is 6.04 Å². The van der Waals surface area contributed by atoms with E-state index in [1.807, 2.05) is 68.4 Å². The summed E-state index contributed by atoms with van der Waals surface area (Å²) in [5, 5.41) is 1.11. The summed E-state index contributed by atoms with van der Waals surface area (Å²) in [5.41, 5.74) is 5.41. The molecule has 33 heavy (non-hydrogen) atoms. The average molecular weight is 458 g/mol. The van der Waals surface area contributed by atoms with Gasteiger partial charge in [0.1, 0.15) is 5.58 Å². The number of hydrogen-bond acceptors (Lipinski definition) is 3. The fraction of sp³-hybridized carbons (Fsp3) is 0.214. The maximum absolute atomic E-state index is 13.8. The molecule has 0 saturated heterocycles. The quantitative estimate of drug-likeness (QED) is 0.357. The molecule has 1 unspecified atom stereocenters. The van der Waals surface area contributed by atoms with Crippen LogP contribution in [0, 0.1) is 13.8 Å². The molecule has 5 heteroatoms. The van der Waals surface area contributed by atoms with Gasteiger partial charge in [0.05, 0.1) is 17.0 Å². The molecular formula is C28H24ClNO3. The lowest BCUT2D eigenvalue weighted by molar-refractivity contribution is 0.0714. The van der Waals surface area contributed by atoms with E-state index in [0.717, 1.165) is 28.7 Å². The predicted molar refractivity (Wildman–Crippen MR) is 131 cm³/mol. The van der Waals surface area contributed by atoms with E-state index in [4.69, 9.17) is 16.0 Å². The highest BCUT2D eigenvalue weighted by atomic mass is 35.5. The molecule has 0 aliphatic carbocycles. The first kappa shape index (κ1) is 21.5. The highest BCUT2D eigenvalue weighted by Gasteiger charge is 2.43. The first-order chi connectivity index (χ1) is 15.9. The number of hydrogen-bond donors (Lipinski definition) is 0. The summed E-state index contributed by atoms with van der Waals surface area (Å²) in [6.45, 7) is 6.22. The van der Waals surface area contributed by atoms with Crippen LogP contribution in [0.25, 0.3) is 11.0 Å². The zero-order valence-corrected chi connectivity index (χ0v) is 19.6.